The van der Waals surface area contributed by atoms with E-state index in [1.807, 2.05) is 0 Å². The molecule has 0 aliphatic heterocycles. The average molecular weight is 320 g/mol. The van der Waals surface area contributed by atoms with Crippen LogP contribution in [0.2, 0.25) is 5.02 Å². The van der Waals surface area contributed by atoms with Crippen LogP contribution in [0.5, 0.6) is 0 Å². The van der Waals surface area contributed by atoms with Gasteiger partial charge in [-0.15, -0.1) is 0 Å². The van der Waals surface area contributed by atoms with Crippen molar-refractivity contribution in [2.24, 2.45) is 0 Å². The highest BCUT2D eigenvalue weighted by molar-refractivity contribution is 7.89. The van der Waals surface area contributed by atoms with Gasteiger partial charge >= 0.3 is 5.97 Å². The summed E-state index contributed by atoms with van der Waals surface area (Å²) in [6.45, 7) is 4.57. The summed E-state index contributed by atoms with van der Waals surface area (Å²) in [7, 11) is -3.89. The van der Waals surface area contributed by atoms with Crippen LogP contribution in [0.15, 0.2) is 23.1 Å². The fraction of sp³-hybridized carbons (Fsp3) is 0.462. The first-order valence-corrected chi connectivity index (χ1v) is 8.01. The van der Waals surface area contributed by atoms with E-state index in [0.717, 1.165) is 4.31 Å². The van der Waals surface area contributed by atoms with E-state index in [2.05, 4.69) is 0 Å². The standard InChI is InChI=1S/C13H18ClNO4S/c1-4-10(3)15(8-13(16)17)20(18,19)12-7-11(14)6-5-9(12)2/h5-7,10H,4,8H2,1-3H3,(H,16,17). The Hall–Kier alpha value is -1.11. The molecule has 112 valence electrons. The molecule has 1 rings (SSSR count). The van der Waals surface area contributed by atoms with Crippen LogP contribution in [0, 0.1) is 6.92 Å². The van der Waals surface area contributed by atoms with Gasteiger partial charge in [0.2, 0.25) is 10.0 Å². The van der Waals surface area contributed by atoms with E-state index >= 15 is 0 Å². The lowest BCUT2D eigenvalue weighted by Crippen LogP contribution is -2.42. The van der Waals surface area contributed by atoms with Crippen LogP contribution < -0.4 is 0 Å². The molecule has 5 nitrogen and oxygen atoms in total. The molecule has 0 bridgehead atoms. The first kappa shape index (κ1) is 16.9. The maximum Gasteiger partial charge on any atom is 0.318 e. The summed E-state index contributed by atoms with van der Waals surface area (Å²) in [4.78, 5) is 11.0. The zero-order chi connectivity index (χ0) is 15.5. The topological polar surface area (TPSA) is 74.7 Å². The van der Waals surface area contributed by atoms with Crippen molar-refractivity contribution in [3.05, 3.63) is 28.8 Å². The predicted molar refractivity (Wildman–Crippen MR) is 77.5 cm³/mol. The van der Waals surface area contributed by atoms with Gasteiger partial charge in [0.1, 0.15) is 6.54 Å². The Kier molecular flexibility index (Phi) is 5.56. The van der Waals surface area contributed by atoms with Gasteiger partial charge in [0, 0.05) is 11.1 Å². The Morgan fingerprint density at radius 1 is 1.45 bits per heavy atom. The molecule has 1 atom stereocenters. The minimum Gasteiger partial charge on any atom is -0.480 e. The lowest BCUT2D eigenvalue weighted by Gasteiger charge is -2.26. The number of sulfonamides is 1. The van der Waals surface area contributed by atoms with Gasteiger partial charge < -0.3 is 5.11 Å². The summed E-state index contributed by atoms with van der Waals surface area (Å²) in [6.07, 6.45) is 0.520. The largest absolute Gasteiger partial charge is 0.480 e. The molecule has 0 fully saturated rings. The zero-order valence-corrected chi connectivity index (χ0v) is 13.2. The number of benzene rings is 1. The van der Waals surface area contributed by atoms with Gasteiger partial charge in [-0.2, -0.15) is 4.31 Å². The SMILES string of the molecule is CCC(C)N(CC(=O)O)S(=O)(=O)c1cc(Cl)ccc1C. The van der Waals surface area contributed by atoms with E-state index in [4.69, 9.17) is 16.7 Å². The van der Waals surface area contributed by atoms with Crippen molar-refractivity contribution in [3.8, 4) is 0 Å². The van der Waals surface area contributed by atoms with Crippen LogP contribution >= 0.6 is 11.6 Å². The monoisotopic (exact) mass is 319 g/mol. The quantitative estimate of drug-likeness (QED) is 0.874. The molecule has 0 spiro atoms. The fourth-order valence-electron chi connectivity index (χ4n) is 1.79. The highest BCUT2D eigenvalue weighted by atomic mass is 35.5. The summed E-state index contributed by atoms with van der Waals surface area (Å²) in [5.41, 5.74) is 0.535. The molecule has 0 radical (unpaired) electrons. The zero-order valence-electron chi connectivity index (χ0n) is 11.6. The third-order valence-electron chi connectivity index (χ3n) is 3.11. The van der Waals surface area contributed by atoms with Crippen LogP contribution in [0.25, 0.3) is 0 Å². The minimum absolute atomic E-state index is 0.0477. The second-order valence-electron chi connectivity index (χ2n) is 4.61. The van der Waals surface area contributed by atoms with Gasteiger partial charge in [0.25, 0.3) is 0 Å². The van der Waals surface area contributed by atoms with E-state index < -0.39 is 28.6 Å². The molecule has 0 amide bonds. The number of nitrogens with zero attached hydrogens (tertiary/aromatic N) is 1. The Labute approximate surface area is 124 Å². The number of aryl methyl sites for hydroxylation is 1. The van der Waals surface area contributed by atoms with Crippen LogP contribution in [-0.2, 0) is 14.8 Å². The van der Waals surface area contributed by atoms with E-state index in [0.29, 0.717) is 17.0 Å². The molecule has 0 saturated carbocycles. The highest BCUT2D eigenvalue weighted by Crippen LogP contribution is 2.25. The molecule has 7 heteroatoms. The van der Waals surface area contributed by atoms with Gasteiger partial charge in [0.15, 0.2) is 0 Å². The number of aliphatic carboxylic acids is 1. The van der Waals surface area contributed by atoms with Crippen molar-refractivity contribution < 1.29 is 18.3 Å². The lowest BCUT2D eigenvalue weighted by atomic mass is 10.2. The molecule has 1 unspecified atom stereocenters. The third-order valence-corrected chi connectivity index (χ3v) is 5.45. The predicted octanol–water partition coefficient (Wildman–Crippen LogP) is 2.52. The number of carbonyl (C=O) groups is 1. The normalized spacial score (nSPS) is 13.4. The first-order valence-electron chi connectivity index (χ1n) is 6.20. The Morgan fingerprint density at radius 3 is 2.55 bits per heavy atom. The van der Waals surface area contributed by atoms with E-state index in [9.17, 15) is 13.2 Å². The van der Waals surface area contributed by atoms with Crippen molar-refractivity contribution >= 4 is 27.6 Å². The summed E-state index contributed by atoms with van der Waals surface area (Å²) >= 11 is 5.85. The molecule has 1 N–H and O–H groups in total. The number of hydrogen-bond acceptors (Lipinski definition) is 3. The number of rotatable bonds is 6. The second-order valence-corrected chi connectivity index (χ2v) is 6.91. The van der Waals surface area contributed by atoms with Crippen molar-refractivity contribution in [3.63, 3.8) is 0 Å². The summed E-state index contributed by atoms with van der Waals surface area (Å²) in [5.74, 6) is -1.19. The Morgan fingerprint density at radius 2 is 2.05 bits per heavy atom. The van der Waals surface area contributed by atoms with Crippen LogP contribution in [-0.4, -0.2) is 36.4 Å². The average Bonchev–Trinajstić information content (AvgIpc) is 2.37. The number of carboxylic acid groups (broad SMARTS) is 1. The third kappa shape index (κ3) is 3.71. The molecular formula is C13H18ClNO4S. The maximum atomic E-state index is 12.6. The van der Waals surface area contributed by atoms with Crippen molar-refractivity contribution in [1.29, 1.82) is 0 Å². The molecular weight excluding hydrogens is 302 g/mol. The van der Waals surface area contributed by atoms with Gasteiger partial charge in [-0.1, -0.05) is 24.6 Å². The minimum atomic E-state index is -3.89. The van der Waals surface area contributed by atoms with Gasteiger partial charge in [-0.25, -0.2) is 8.42 Å². The molecule has 0 heterocycles. The lowest BCUT2D eigenvalue weighted by molar-refractivity contribution is -0.137. The van der Waals surface area contributed by atoms with Gasteiger partial charge in [-0.05, 0) is 38.0 Å². The van der Waals surface area contributed by atoms with E-state index in [1.165, 1.54) is 6.07 Å². The number of hydrogen-bond donors (Lipinski definition) is 1. The summed E-state index contributed by atoms with van der Waals surface area (Å²) < 4.78 is 26.3. The number of carboxylic acids is 1. The molecule has 0 aliphatic carbocycles. The van der Waals surface area contributed by atoms with Crippen LogP contribution in [0.3, 0.4) is 0 Å². The van der Waals surface area contributed by atoms with E-state index in [1.54, 1.807) is 32.9 Å². The molecule has 0 aromatic heterocycles. The van der Waals surface area contributed by atoms with Crippen molar-refractivity contribution in [1.82, 2.24) is 4.31 Å². The molecule has 20 heavy (non-hydrogen) atoms. The first-order chi connectivity index (χ1) is 9.20. The number of halogens is 1. The molecule has 0 aliphatic rings. The smallest absolute Gasteiger partial charge is 0.318 e. The van der Waals surface area contributed by atoms with Gasteiger partial charge in [0.05, 0.1) is 4.90 Å². The summed E-state index contributed by atoms with van der Waals surface area (Å²) in [5, 5.41) is 9.23. The van der Waals surface area contributed by atoms with E-state index in [-0.39, 0.29) is 4.90 Å². The Bertz CT molecular complexity index is 600. The van der Waals surface area contributed by atoms with Crippen LogP contribution in [0.1, 0.15) is 25.8 Å². The molecule has 1 aromatic carbocycles. The fourth-order valence-corrected chi connectivity index (χ4v) is 3.94. The van der Waals surface area contributed by atoms with Crippen LogP contribution in [0.4, 0.5) is 0 Å². The molecule has 1 aromatic rings. The van der Waals surface area contributed by atoms with Crippen molar-refractivity contribution in [2.45, 2.75) is 38.1 Å². The van der Waals surface area contributed by atoms with Gasteiger partial charge in [-0.3, -0.25) is 4.79 Å². The maximum absolute atomic E-state index is 12.6. The second kappa shape index (κ2) is 6.56. The molecule has 0 saturated heterocycles. The highest BCUT2D eigenvalue weighted by Gasteiger charge is 2.31. The Balaban J connectivity index is 3.35. The van der Waals surface area contributed by atoms with Crippen molar-refractivity contribution in [2.75, 3.05) is 6.54 Å². The summed E-state index contributed by atoms with van der Waals surface area (Å²) in [6, 6.07) is 4.14.